The van der Waals surface area contributed by atoms with Crippen LogP contribution in [0.2, 0.25) is 0 Å². The average Bonchev–Trinajstić information content (AvgIpc) is 2.91. The van der Waals surface area contributed by atoms with Gasteiger partial charge in [-0.05, 0) is 36.6 Å². The Balaban J connectivity index is 2.55. The third kappa shape index (κ3) is 3.54. The second kappa shape index (κ2) is 5.82. The Bertz CT molecular complexity index is 913. The summed E-state index contributed by atoms with van der Waals surface area (Å²) >= 11 is 1.02. The van der Waals surface area contributed by atoms with Crippen LogP contribution < -0.4 is 4.72 Å². The number of ketones is 1. The summed E-state index contributed by atoms with van der Waals surface area (Å²) < 4.78 is 50.4. The number of hydrogen-bond acceptors (Lipinski definition) is 6. The van der Waals surface area contributed by atoms with Gasteiger partial charge in [-0.25, -0.2) is 16.8 Å². The molecule has 0 aliphatic heterocycles. The van der Waals surface area contributed by atoms with Crippen molar-refractivity contribution in [3.8, 4) is 0 Å². The Kier molecular flexibility index (Phi) is 4.41. The summed E-state index contributed by atoms with van der Waals surface area (Å²) in [6, 6.07) is 6.82. The van der Waals surface area contributed by atoms with Crippen molar-refractivity contribution in [1.82, 2.24) is 0 Å². The van der Waals surface area contributed by atoms with Gasteiger partial charge in [0.15, 0.2) is 15.6 Å². The Labute approximate surface area is 132 Å². The van der Waals surface area contributed by atoms with Crippen molar-refractivity contribution in [3.63, 3.8) is 0 Å². The van der Waals surface area contributed by atoms with Crippen molar-refractivity contribution in [2.45, 2.75) is 16.0 Å². The quantitative estimate of drug-likeness (QED) is 0.825. The number of sulfone groups is 1. The van der Waals surface area contributed by atoms with E-state index in [1.165, 1.54) is 31.2 Å². The van der Waals surface area contributed by atoms with Gasteiger partial charge in [0.25, 0.3) is 10.0 Å². The highest BCUT2D eigenvalue weighted by Crippen LogP contribution is 2.27. The second-order valence-electron chi connectivity index (χ2n) is 4.58. The molecule has 2 aromatic rings. The molecule has 0 radical (unpaired) electrons. The van der Waals surface area contributed by atoms with Crippen molar-refractivity contribution < 1.29 is 21.6 Å². The minimum absolute atomic E-state index is 0.0718. The average molecular weight is 359 g/mol. The van der Waals surface area contributed by atoms with Gasteiger partial charge in [0, 0.05) is 11.8 Å². The van der Waals surface area contributed by atoms with E-state index in [-0.39, 0.29) is 26.1 Å². The third-order valence-electron chi connectivity index (χ3n) is 2.79. The second-order valence-corrected chi connectivity index (χ2v) is 9.42. The lowest BCUT2D eigenvalue weighted by Gasteiger charge is -2.11. The number of thiophene rings is 1. The molecule has 0 saturated carbocycles. The zero-order valence-electron chi connectivity index (χ0n) is 11.7. The van der Waals surface area contributed by atoms with Crippen LogP contribution in [0.15, 0.2) is 44.8 Å². The fourth-order valence-corrected chi connectivity index (χ4v) is 4.74. The molecule has 6 nitrogen and oxygen atoms in total. The molecule has 0 aliphatic rings. The smallest absolute Gasteiger partial charge is 0.271 e. The minimum atomic E-state index is -3.87. The number of sulfonamides is 1. The van der Waals surface area contributed by atoms with Crippen molar-refractivity contribution >= 4 is 42.7 Å². The van der Waals surface area contributed by atoms with E-state index in [1.807, 2.05) is 0 Å². The maximum Gasteiger partial charge on any atom is 0.271 e. The number of benzene rings is 1. The molecule has 9 heteroatoms. The maximum atomic E-state index is 12.2. The van der Waals surface area contributed by atoms with Crippen molar-refractivity contribution in [1.29, 1.82) is 0 Å². The van der Waals surface area contributed by atoms with Crippen molar-refractivity contribution in [3.05, 3.63) is 41.3 Å². The van der Waals surface area contributed by atoms with E-state index in [0.29, 0.717) is 0 Å². The van der Waals surface area contributed by atoms with Crippen LogP contribution in [0.1, 0.15) is 17.3 Å². The first kappa shape index (κ1) is 16.7. The summed E-state index contributed by atoms with van der Waals surface area (Å²) in [4.78, 5) is 11.1. The lowest BCUT2D eigenvalue weighted by molar-refractivity contribution is 0.101. The molecule has 0 spiro atoms. The first-order valence-corrected chi connectivity index (χ1v) is 10.3. The summed E-state index contributed by atoms with van der Waals surface area (Å²) in [6.07, 6.45) is 0.954. The summed E-state index contributed by atoms with van der Waals surface area (Å²) in [5.41, 5.74) is 0.111. The highest BCUT2D eigenvalue weighted by molar-refractivity contribution is 7.95. The van der Waals surface area contributed by atoms with Gasteiger partial charge >= 0.3 is 0 Å². The van der Waals surface area contributed by atoms with Crippen molar-refractivity contribution in [2.75, 3.05) is 11.0 Å². The Morgan fingerprint density at radius 2 is 1.82 bits per heavy atom. The summed E-state index contributed by atoms with van der Waals surface area (Å²) in [5.74, 6) is -0.308. The van der Waals surface area contributed by atoms with Crippen LogP contribution >= 0.6 is 11.3 Å². The molecular weight excluding hydrogens is 346 g/mol. The van der Waals surface area contributed by atoms with E-state index in [2.05, 4.69) is 4.72 Å². The number of carbonyl (C=O) groups excluding carboxylic acids is 1. The molecule has 1 heterocycles. The lowest BCUT2D eigenvalue weighted by Crippen LogP contribution is -2.14. The fraction of sp³-hybridized carbons (Fsp3) is 0.154. The van der Waals surface area contributed by atoms with Crippen LogP contribution in [0.25, 0.3) is 0 Å². The fourth-order valence-electron chi connectivity index (χ4n) is 1.74. The Morgan fingerprint density at radius 1 is 1.14 bits per heavy atom. The molecule has 1 N–H and O–H groups in total. The number of rotatable bonds is 5. The normalized spacial score (nSPS) is 12.1. The van der Waals surface area contributed by atoms with Gasteiger partial charge in [-0.15, -0.1) is 11.3 Å². The molecule has 0 bridgehead atoms. The zero-order valence-corrected chi connectivity index (χ0v) is 14.2. The largest absolute Gasteiger partial charge is 0.295 e. The molecule has 1 aromatic heterocycles. The number of carbonyl (C=O) groups is 1. The Morgan fingerprint density at radius 3 is 2.32 bits per heavy atom. The van der Waals surface area contributed by atoms with Crippen LogP contribution in [0, 0.1) is 0 Å². The van der Waals surface area contributed by atoms with Crippen LogP contribution in [0.3, 0.4) is 0 Å². The summed E-state index contributed by atoms with van der Waals surface area (Å²) in [6.45, 7) is 1.30. The topological polar surface area (TPSA) is 97.4 Å². The molecular formula is C13H13NO5S3. The molecule has 2 rings (SSSR count). The van der Waals surface area contributed by atoms with E-state index < -0.39 is 19.9 Å². The number of anilines is 1. The van der Waals surface area contributed by atoms with E-state index in [1.54, 1.807) is 11.4 Å². The summed E-state index contributed by atoms with van der Waals surface area (Å²) in [5, 5.41) is 1.60. The SMILES string of the molecule is CC(=O)c1ccc(NS(=O)(=O)c2cccs2)c(S(C)(=O)=O)c1. The van der Waals surface area contributed by atoms with Gasteiger partial charge < -0.3 is 0 Å². The van der Waals surface area contributed by atoms with E-state index in [9.17, 15) is 21.6 Å². The number of hydrogen-bond donors (Lipinski definition) is 1. The lowest BCUT2D eigenvalue weighted by atomic mass is 10.1. The molecule has 0 amide bonds. The zero-order chi connectivity index (χ0) is 16.5. The van der Waals surface area contributed by atoms with Crippen LogP contribution in [0.5, 0.6) is 0 Å². The van der Waals surface area contributed by atoms with Gasteiger partial charge in [-0.2, -0.15) is 0 Å². The summed E-state index contributed by atoms with van der Waals surface area (Å²) in [7, 11) is -7.57. The van der Waals surface area contributed by atoms with Gasteiger partial charge in [0.2, 0.25) is 0 Å². The molecule has 0 fully saturated rings. The predicted molar refractivity (Wildman–Crippen MR) is 84.7 cm³/mol. The van der Waals surface area contributed by atoms with Crippen molar-refractivity contribution in [2.24, 2.45) is 0 Å². The molecule has 22 heavy (non-hydrogen) atoms. The monoisotopic (exact) mass is 359 g/mol. The molecule has 0 saturated heterocycles. The molecule has 0 unspecified atom stereocenters. The molecule has 118 valence electrons. The number of Topliss-reactive ketones (excluding diaryl/α,β-unsaturated/α-hetero) is 1. The van der Waals surface area contributed by atoms with Crippen LogP contribution in [-0.2, 0) is 19.9 Å². The molecule has 1 aromatic carbocycles. The van der Waals surface area contributed by atoms with Gasteiger partial charge in [-0.1, -0.05) is 6.07 Å². The van der Waals surface area contributed by atoms with E-state index in [0.717, 1.165) is 17.6 Å². The highest BCUT2D eigenvalue weighted by Gasteiger charge is 2.21. The van der Waals surface area contributed by atoms with E-state index >= 15 is 0 Å². The Hall–Kier alpha value is -1.71. The first-order valence-electron chi connectivity index (χ1n) is 6.02. The molecule has 0 aliphatic carbocycles. The van der Waals surface area contributed by atoms with Gasteiger partial charge in [0.05, 0.1) is 10.6 Å². The van der Waals surface area contributed by atoms with Gasteiger partial charge in [0.1, 0.15) is 4.21 Å². The highest BCUT2D eigenvalue weighted by atomic mass is 32.2. The standard InChI is InChI=1S/C13H13NO5S3/c1-9(15)10-5-6-11(12(8-10)21(2,16)17)14-22(18,19)13-4-3-7-20-13/h3-8,14H,1-2H3. The minimum Gasteiger partial charge on any atom is -0.295 e. The first-order chi connectivity index (χ1) is 10.1. The molecule has 0 atom stereocenters. The van der Waals surface area contributed by atoms with Crippen LogP contribution in [-0.4, -0.2) is 28.9 Å². The number of nitrogens with one attached hydrogen (secondary N) is 1. The maximum absolute atomic E-state index is 12.2. The third-order valence-corrected chi connectivity index (χ3v) is 6.69. The van der Waals surface area contributed by atoms with E-state index in [4.69, 9.17) is 0 Å². The van der Waals surface area contributed by atoms with Crippen LogP contribution in [0.4, 0.5) is 5.69 Å². The van der Waals surface area contributed by atoms with Gasteiger partial charge in [-0.3, -0.25) is 9.52 Å². The predicted octanol–water partition coefficient (Wildman–Crippen LogP) is 2.16.